The van der Waals surface area contributed by atoms with E-state index in [9.17, 15) is 4.79 Å². The monoisotopic (exact) mass is 211 g/mol. The average molecular weight is 211 g/mol. The highest BCUT2D eigenvalue weighted by Crippen LogP contribution is 2.10. The molecule has 0 bridgehead atoms. The molecule has 1 heterocycles. The van der Waals surface area contributed by atoms with Crippen LogP contribution in [-0.4, -0.2) is 22.4 Å². The van der Waals surface area contributed by atoms with Crippen LogP contribution in [0.1, 0.15) is 31.3 Å². The van der Waals surface area contributed by atoms with E-state index in [2.05, 4.69) is 18.9 Å². The van der Waals surface area contributed by atoms with Crippen LogP contribution in [0, 0.1) is 5.92 Å². The number of nitrogens with two attached hydrogens (primary N) is 1. The first-order valence-electron chi connectivity index (χ1n) is 5.05. The fourth-order valence-electron chi connectivity index (χ4n) is 1.23. The zero-order chi connectivity index (χ0) is 11.4. The Morgan fingerprint density at radius 1 is 1.67 bits per heavy atom. The summed E-state index contributed by atoms with van der Waals surface area (Å²) in [5, 5.41) is 4.09. The summed E-state index contributed by atoms with van der Waals surface area (Å²) >= 11 is 0. The molecule has 0 aromatic carbocycles. The van der Waals surface area contributed by atoms with Crippen LogP contribution >= 0.6 is 0 Å². The molecule has 0 amide bonds. The summed E-state index contributed by atoms with van der Waals surface area (Å²) in [4.78, 5) is 11.3. The van der Waals surface area contributed by atoms with Gasteiger partial charge in [-0.2, -0.15) is 5.10 Å². The van der Waals surface area contributed by atoms with E-state index >= 15 is 0 Å². The minimum atomic E-state index is -0.424. The first kappa shape index (κ1) is 11.6. The summed E-state index contributed by atoms with van der Waals surface area (Å²) in [7, 11) is 0. The minimum Gasteiger partial charge on any atom is -0.461 e. The van der Waals surface area contributed by atoms with Crippen LogP contribution in [0.3, 0.4) is 0 Å². The van der Waals surface area contributed by atoms with Crippen molar-refractivity contribution in [2.75, 3.05) is 12.3 Å². The van der Waals surface area contributed by atoms with E-state index in [1.54, 1.807) is 17.7 Å². The Morgan fingerprint density at radius 3 is 2.87 bits per heavy atom. The van der Waals surface area contributed by atoms with E-state index in [4.69, 9.17) is 10.5 Å². The zero-order valence-electron chi connectivity index (χ0n) is 9.36. The Hall–Kier alpha value is -1.52. The minimum absolute atomic E-state index is 0.273. The molecule has 1 aromatic rings. The topological polar surface area (TPSA) is 70.1 Å². The van der Waals surface area contributed by atoms with Crippen LogP contribution in [0.2, 0.25) is 0 Å². The Balaban J connectivity index is 2.80. The predicted octanol–water partition coefficient (Wildman–Crippen LogP) is 1.30. The third-order valence-electron chi connectivity index (χ3n) is 1.83. The predicted molar refractivity (Wildman–Crippen MR) is 57.4 cm³/mol. The van der Waals surface area contributed by atoms with Crippen molar-refractivity contribution in [2.45, 2.75) is 27.3 Å². The molecule has 0 spiro atoms. The number of nitrogen functional groups attached to an aromatic ring is 1. The Labute approximate surface area is 89.2 Å². The van der Waals surface area contributed by atoms with Crippen LogP contribution < -0.4 is 5.73 Å². The van der Waals surface area contributed by atoms with Gasteiger partial charge in [-0.1, -0.05) is 13.8 Å². The van der Waals surface area contributed by atoms with Crippen molar-refractivity contribution in [3.05, 3.63) is 11.8 Å². The van der Waals surface area contributed by atoms with E-state index in [0.29, 0.717) is 24.9 Å². The number of hydrogen-bond acceptors (Lipinski definition) is 4. The first-order valence-corrected chi connectivity index (χ1v) is 5.05. The van der Waals surface area contributed by atoms with Gasteiger partial charge in [0.05, 0.1) is 6.61 Å². The van der Waals surface area contributed by atoms with Gasteiger partial charge in [-0.3, -0.25) is 0 Å². The van der Waals surface area contributed by atoms with Gasteiger partial charge in [0, 0.05) is 12.6 Å². The fourth-order valence-corrected chi connectivity index (χ4v) is 1.23. The van der Waals surface area contributed by atoms with E-state index in [0.717, 1.165) is 0 Å². The van der Waals surface area contributed by atoms with Gasteiger partial charge in [-0.15, -0.1) is 0 Å². The number of nitrogens with zero attached hydrogens (tertiary/aromatic N) is 2. The number of anilines is 1. The number of rotatable bonds is 4. The second-order valence-corrected chi connectivity index (χ2v) is 3.75. The molecule has 1 rings (SSSR count). The van der Waals surface area contributed by atoms with Gasteiger partial charge in [-0.05, 0) is 12.8 Å². The second kappa shape index (κ2) is 4.82. The molecule has 0 aliphatic rings. The number of carbonyl (C=O) groups is 1. The lowest BCUT2D eigenvalue weighted by Gasteiger charge is -2.05. The van der Waals surface area contributed by atoms with Crippen molar-refractivity contribution >= 4 is 11.8 Å². The largest absolute Gasteiger partial charge is 0.461 e. The van der Waals surface area contributed by atoms with Gasteiger partial charge in [0.1, 0.15) is 5.82 Å². The summed E-state index contributed by atoms with van der Waals surface area (Å²) in [5.41, 5.74) is 5.99. The number of carbonyl (C=O) groups excluding carboxylic acids is 1. The van der Waals surface area contributed by atoms with Gasteiger partial charge in [-0.25, -0.2) is 9.48 Å². The molecule has 0 unspecified atom stereocenters. The molecule has 84 valence electrons. The Bertz CT molecular complexity index is 344. The normalized spacial score (nSPS) is 10.7. The van der Waals surface area contributed by atoms with Gasteiger partial charge >= 0.3 is 5.97 Å². The van der Waals surface area contributed by atoms with Gasteiger partial charge in [0.2, 0.25) is 0 Å². The van der Waals surface area contributed by atoms with Crippen LogP contribution in [0.5, 0.6) is 0 Å². The summed E-state index contributed by atoms with van der Waals surface area (Å²) in [6, 6.07) is 1.54. The smallest absolute Gasteiger partial charge is 0.358 e. The lowest BCUT2D eigenvalue weighted by molar-refractivity contribution is 0.0518. The second-order valence-electron chi connectivity index (χ2n) is 3.75. The summed E-state index contributed by atoms with van der Waals surface area (Å²) in [6.07, 6.45) is 0. The summed E-state index contributed by atoms with van der Waals surface area (Å²) in [5.74, 6) is 0.501. The van der Waals surface area contributed by atoms with Crippen LogP contribution in [0.4, 0.5) is 5.82 Å². The SMILES string of the molecule is CCOC(=O)c1cc(N)n(CC(C)C)n1. The molecule has 5 nitrogen and oxygen atoms in total. The van der Waals surface area contributed by atoms with Gasteiger partial charge in [0.25, 0.3) is 0 Å². The molecule has 0 aliphatic heterocycles. The Kier molecular flexibility index (Phi) is 3.71. The number of esters is 1. The average Bonchev–Trinajstić information content (AvgIpc) is 2.47. The highest BCUT2D eigenvalue weighted by atomic mass is 16.5. The summed E-state index contributed by atoms with van der Waals surface area (Å²) < 4.78 is 6.45. The maximum absolute atomic E-state index is 11.3. The molecule has 0 fully saturated rings. The molecule has 15 heavy (non-hydrogen) atoms. The van der Waals surface area contributed by atoms with Crippen molar-refractivity contribution in [2.24, 2.45) is 5.92 Å². The molecule has 0 saturated carbocycles. The molecule has 5 heteroatoms. The standard InChI is InChI=1S/C10H17N3O2/c1-4-15-10(14)8-5-9(11)13(12-8)6-7(2)3/h5,7H,4,6,11H2,1-3H3. The van der Waals surface area contributed by atoms with Crippen LogP contribution in [0.15, 0.2) is 6.07 Å². The van der Waals surface area contributed by atoms with Crippen molar-refractivity contribution in [3.63, 3.8) is 0 Å². The quantitative estimate of drug-likeness (QED) is 0.762. The van der Waals surface area contributed by atoms with Crippen LogP contribution in [0.25, 0.3) is 0 Å². The zero-order valence-corrected chi connectivity index (χ0v) is 9.36. The molecule has 0 aliphatic carbocycles. The van der Waals surface area contributed by atoms with E-state index in [1.807, 2.05) is 0 Å². The maximum atomic E-state index is 11.3. The fraction of sp³-hybridized carbons (Fsp3) is 0.600. The lowest BCUT2D eigenvalue weighted by Crippen LogP contribution is -2.11. The van der Waals surface area contributed by atoms with E-state index in [-0.39, 0.29) is 5.69 Å². The number of ether oxygens (including phenoxy) is 1. The highest BCUT2D eigenvalue weighted by Gasteiger charge is 2.13. The number of aromatic nitrogens is 2. The molecule has 0 atom stereocenters. The van der Waals surface area contributed by atoms with Crippen LogP contribution in [-0.2, 0) is 11.3 Å². The van der Waals surface area contributed by atoms with Crippen molar-refractivity contribution in [1.82, 2.24) is 9.78 Å². The molecular weight excluding hydrogens is 194 g/mol. The molecule has 2 N–H and O–H groups in total. The van der Waals surface area contributed by atoms with Crippen molar-refractivity contribution in [1.29, 1.82) is 0 Å². The number of hydrogen-bond donors (Lipinski definition) is 1. The molecule has 0 saturated heterocycles. The van der Waals surface area contributed by atoms with E-state index < -0.39 is 5.97 Å². The van der Waals surface area contributed by atoms with E-state index in [1.165, 1.54) is 0 Å². The molecular formula is C10H17N3O2. The van der Waals surface area contributed by atoms with Gasteiger partial charge < -0.3 is 10.5 Å². The summed E-state index contributed by atoms with van der Waals surface area (Å²) in [6.45, 7) is 6.92. The lowest BCUT2D eigenvalue weighted by atomic mass is 10.2. The Morgan fingerprint density at radius 2 is 2.33 bits per heavy atom. The van der Waals surface area contributed by atoms with Gasteiger partial charge in [0.15, 0.2) is 5.69 Å². The third kappa shape index (κ3) is 2.97. The maximum Gasteiger partial charge on any atom is 0.358 e. The molecule has 0 radical (unpaired) electrons. The van der Waals surface area contributed by atoms with Crippen molar-refractivity contribution < 1.29 is 9.53 Å². The van der Waals surface area contributed by atoms with Crippen molar-refractivity contribution in [3.8, 4) is 0 Å². The highest BCUT2D eigenvalue weighted by molar-refractivity contribution is 5.88. The molecule has 1 aromatic heterocycles. The first-order chi connectivity index (χ1) is 7.04. The third-order valence-corrected chi connectivity index (χ3v) is 1.83.